The maximum atomic E-state index is 13.3. The normalized spacial score (nSPS) is 26.3. The van der Waals surface area contributed by atoms with Gasteiger partial charge in [-0.2, -0.15) is 0 Å². The maximum absolute atomic E-state index is 13.3. The van der Waals surface area contributed by atoms with E-state index in [2.05, 4.69) is 39.6 Å². The van der Waals surface area contributed by atoms with Crippen LogP contribution in [-0.4, -0.2) is 39.3 Å². The van der Waals surface area contributed by atoms with Crippen LogP contribution in [0.2, 0.25) is 0 Å². The molecule has 0 aliphatic carbocycles. The summed E-state index contributed by atoms with van der Waals surface area (Å²) in [4.78, 5) is 19.0. The minimum Gasteiger partial charge on any atom is -0.365 e. The zero-order valence-corrected chi connectivity index (χ0v) is 15.0. The number of fused-ring (bicyclic) bond motifs is 3. The average Bonchev–Trinajstić information content (AvgIpc) is 2.97. The van der Waals surface area contributed by atoms with Gasteiger partial charge in [-0.15, -0.1) is 0 Å². The Bertz CT molecular complexity index is 984. The number of nitrogens with zero attached hydrogens (tertiary/aromatic N) is 2. The molecule has 1 unspecified atom stereocenters. The standard InChI is InChI=1S/C20H26N4O/c1-12(2)10-24-18-9-21-8-15-19(18)17(22-24)7-14(20(15)25)16-11-23-5-3-13(16)4-6-23/h7-9,12-13,16,21-22H,3-6,10-11H2,1-2H3. The number of hydrogen-bond acceptors (Lipinski definition) is 2. The highest BCUT2D eigenvalue weighted by atomic mass is 16.1. The Balaban J connectivity index is 1.71. The minimum absolute atomic E-state index is 0.226. The molecule has 5 heterocycles. The molecule has 0 saturated carbocycles. The second-order valence-corrected chi connectivity index (χ2v) is 8.33. The third-order valence-corrected chi connectivity index (χ3v) is 6.20. The number of benzene rings is 1. The predicted molar refractivity (Wildman–Crippen MR) is 101 cm³/mol. The van der Waals surface area contributed by atoms with Crippen LogP contribution in [0.15, 0.2) is 23.3 Å². The maximum Gasteiger partial charge on any atom is 0.191 e. The Kier molecular flexibility index (Phi) is 3.35. The summed E-state index contributed by atoms with van der Waals surface area (Å²) >= 11 is 0. The summed E-state index contributed by atoms with van der Waals surface area (Å²) in [6, 6.07) is 2.15. The van der Waals surface area contributed by atoms with Gasteiger partial charge in [-0.3, -0.25) is 14.6 Å². The molecule has 3 saturated heterocycles. The van der Waals surface area contributed by atoms with Gasteiger partial charge < -0.3 is 9.88 Å². The molecule has 2 aromatic heterocycles. The highest BCUT2D eigenvalue weighted by molar-refractivity contribution is 6.07. The Morgan fingerprint density at radius 1 is 1.24 bits per heavy atom. The van der Waals surface area contributed by atoms with E-state index in [1.807, 2.05) is 12.4 Å². The fourth-order valence-corrected chi connectivity index (χ4v) is 5.01. The number of piperidine rings is 3. The topological polar surface area (TPSA) is 56.8 Å². The van der Waals surface area contributed by atoms with Gasteiger partial charge >= 0.3 is 0 Å². The average molecular weight is 338 g/mol. The van der Waals surface area contributed by atoms with Crippen LogP contribution in [0.3, 0.4) is 0 Å². The van der Waals surface area contributed by atoms with Gasteiger partial charge in [0.1, 0.15) is 0 Å². The van der Waals surface area contributed by atoms with E-state index in [4.69, 9.17) is 0 Å². The quantitative estimate of drug-likeness (QED) is 0.770. The van der Waals surface area contributed by atoms with Crippen LogP contribution < -0.4 is 5.43 Å². The molecule has 2 N–H and O–H groups in total. The van der Waals surface area contributed by atoms with E-state index in [1.165, 1.54) is 25.9 Å². The van der Waals surface area contributed by atoms with Crippen molar-refractivity contribution in [3.05, 3.63) is 34.2 Å². The zero-order valence-electron chi connectivity index (χ0n) is 15.0. The molecule has 3 aliphatic rings. The molecule has 0 spiro atoms. The molecule has 6 rings (SSSR count). The van der Waals surface area contributed by atoms with Crippen LogP contribution in [0.25, 0.3) is 21.8 Å². The van der Waals surface area contributed by atoms with Crippen molar-refractivity contribution < 1.29 is 0 Å². The third-order valence-electron chi connectivity index (χ3n) is 6.20. The first-order valence-corrected chi connectivity index (χ1v) is 9.56. The van der Waals surface area contributed by atoms with Crippen molar-refractivity contribution in [3.8, 4) is 0 Å². The van der Waals surface area contributed by atoms with Gasteiger partial charge in [0.05, 0.1) is 11.0 Å². The van der Waals surface area contributed by atoms with Crippen LogP contribution in [0.5, 0.6) is 0 Å². The Morgan fingerprint density at radius 2 is 2.04 bits per heavy atom. The molecule has 3 aromatic rings. The molecular weight excluding hydrogens is 312 g/mol. The number of hydrogen-bond donors (Lipinski definition) is 2. The predicted octanol–water partition coefficient (Wildman–Crippen LogP) is 3.28. The van der Waals surface area contributed by atoms with Crippen molar-refractivity contribution >= 4 is 21.8 Å². The van der Waals surface area contributed by atoms with Gasteiger partial charge in [0.2, 0.25) is 0 Å². The highest BCUT2D eigenvalue weighted by Gasteiger charge is 2.36. The van der Waals surface area contributed by atoms with Crippen molar-refractivity contribution in [2.75, 3.05) is 19.6 Å². The van der Waals surface area contributed by atoms with Gasteiger partial charge in [-0.1, -0.05) is 13.8 Å². The molecule has 0 radical (unpaired) electrons. The number of rotatable bonds is 3. The molecule has 2 bridgehead atoms. The second-order valence-electron chi connectivity index (χ2n) is 8.33. The summed E-state index contributed by atoms with van der Waals surface area (Å²) in [5.41, 5.74) is 3.44. The van der Waals surface area contributed by atoms with Gasteiger partial charge in [0.25, 0.3) is 0 Å². The molecule has 25 heavy (non-hydrogen) atoms. The van der Waals surface area contributed by atoms with Crippen molar-refractivity contribution in [2.24, 2.45) is 11.8 Å². The molecule has 3 fully saturated rings. The molecule has 1 aromatic carbocycles. The number of aromatic nitrogens is 3. The van der Waals surface area contributed by atoms with Gasteiger partial charge in [-0.25, -0.2) is 0 Å². The fraction of sp³-hybridized carbons (Fsp3) is 0.550. The summed E-state index contributed by atoms with van der Waals surface area (Å²) in [6.45, 7) is 8.80. The summed E-state index contributed by atoms with van der Waals surface area (Å²) in [6.07, 6.45) is 6.35. The van der Waals surface area contributed by atoms with Crippen LogP contribution in [0.4, 0.5) is 0 Å². The van der Waals surface area contributed by atoms with Gasteiger partial charge in [-0.05, 0) is 43.8 Å². The van der Waals surface area contributed by atoms with E-state index in [9.17, 15) is 4.79 Å². The minimum atomic E-state index is 0.226. The second kappa shape index (κ2) is 5.49. The third kappa shape index (κ3) is 2.29. The number of aromatic amines is 2. The van der Waals surface area contributed by atoms with E-state index in [-0.39, 0.29) is 5.43 Å². The molecule has 5 nitrogen and oxygen atoms in total. The van der Waals surface area contributed by atoms with Crippen LogP contribution >= 0.6 is 0 Å². The SMILES string of the molecule is CC(C)Cn1[nH]c2cc(C3CN4CCC3CC4)c(=O)c3c[nH]cc1c23. The first-order valence-electron chi connectivity index (χ1n) is 9.56. The molecular formula is C20H26N4O. The van der Waals surface area contributed by atoms with E-state index >= 15 is 0 Å². The monoisotopic (exact) mass is 338 g/mol. The molecule has 0 amide bonds. The zero-order chi connectivity index (χ0) is 17.1. The molecule has 132 valence electrons. The first kappa shape index (κ1) is 15.3. The summed E-state index contributed by atoms with van der Waals surface area (Å²) in [5, 5.41) is 5.46. The van der Waals surface area contributed by atoms with Crippen molar-refractivity contribution in [2.45, 2.75) is 39.2 Å². The fourth-order valence-electron chi connectivity index (χ4n) is 5.01. The highest BCUT2D eigenvalue weighted by Crippen LogP contribution is 2.39. The Hall–Kier alpha value is -2.01. The first-order chi connectivity index (χ1) is 12.1. The van der Waals surface area contributed by atoms with E-state index in [0.717, 1.165) is 40.5 Å². The largest absolute Gasteiger partial charge is 0.365 e. The molecule has 3 aliphatic heterocycles. The number of nitrogens with one attached hydrogen (secondary N) is 2. The summed E-state index contributed by atoms with van der Waals surface area (Å²) < 4.78 is 2.18. The molecule has 1 atom stereocenters. The lowest BCUT2D eigenvalue weighted by Gasteiger charge is -2.44. The van der Waals surface area contributed by atoms with Crippen molar-refractivity contribution in [1.82, 2.24) is 19.7 Å². The van der Waals surface area contributed by atoms with Crippen LogP contribution in [0.1, 0.15) is 38.2 Å². The summed E-state index contributed by atoms with van der Waals surface area (Å²) in [7, 11) is 0. The van der Waals surface area contributed by atoms with Crippen molar-refractivity contribution in [1.29, 1.82) is 0 Å². The lowest BCUT2D eigenvalue weighted by molar-refractivity contribution is 0.0868. The Morgan fingerprint density at radius 3 is 2.72 bits per heavy atom. The van der Waals surface area contributed by atoms with E-state index < -0.39 is 0 Å². The van der Waals surface area contributed by atoms with E-state index in [1.54, 1.807) is 0 Å². The van der Waals surface area contributed by atoms with Crippen molar-refractivity contribution in [3.63, 3.8) is 0 Å². The smallest absolute Gasteiger partial charge is 0.191 e. The van der Waals surface area contributed by atoms with Crippen LogP contribution in [-0.2, 0) is 6.54 Å². The van der Waals surface area contributed by atoms with Gasteiger partial charge in [0.15, 0.2) is 5.43 Å². The molecule has 5 heteroatoms. The Labute approximate surface area is 147 Å². The van der Waals surface area contributed by atoms with Crippen LogP contribution in [0, 0.1) is 11.8 Å². The van der Waals surface area contributed by atoms with E-state index in [0.29, 0.717) is 17.8 Å². The summed E-state index contributed by atoms with van der Waals surface area (Å²) in [5.74, 6) is 1.60. The van der Waals surface area contributed by atoms with Gasteiger partial charge in [0, 0.05) is 47.7 Å². The number of pyridine rings is 1. The lowest BCUT2D eigenvalue weighted by atomic mass is 9.75. The lowest BCUT2D eigenvalue weighted by Crippen LogP contribution is -2.47. The number of H-pyrrole nitrogens is 2.